The summed E-state index contributed by atoms with van der Waals surface area (Å²) >= 11 is 5.74. The smallest absolute Gasteiger partial charge is 0.224 e. The number of fused-ring (bicyclic) bond motifs is 1. The molecule has 2 aromatic heterocycles. The van der Waals surface area contributed by atoms with E-state index in [0.29, 0.717) is 5.65 Å². The summed E-state index contributed by atoms with van der Waals surface area (Å²) in [5.74, 6) is -0.294. The third kappa shape index (κ3) is 1.74. The van der Waals surface area contributed by atoms with Gasteiger partial charge in [-0.1, -0.05) is 0 Å². The van der Waals surface area contributed by atoms with Gasteiger partial charge in [-0.25, -0.2) is 14.1 Å². The molecule has 2 heterocycles. The van der Waals surface area contributed by atoms with Crippen molar-refractivity contribution in [3.8, 4) is 5.69 Å². The van der Waals surface area contributed by atoms with E-state index in [1.165, 1.54) is 12.1 Å². The maximum atomic E-state index is 12.8. The molecule has 0 aliphatic carbocycles. The van der Waals surface area contributed by atoms with E-state index in [2.05, 4.69) is 15.1 Å². The molecule has 0 aliphatic rings. The van der Waals surface area contributed by atoms with Gasteiger partial charge in [-0.05, 0) is 35.9 Å². The fraction of sp³-hybridized carbons (Fsp3) is 0. The van der Waals surface area contributed by atoms with Crippen LogP contribution in [0.1, 0.15) is 0 Å². The number of rotatable bonds is 1. The molecule has 84 valence electrons. The monoisotopic (exact) mass is 248 g/mol. The predicted molar refractivity (Wildman–Crippen MR) is 61.6 cm³/mol. The first-order valence-corrected chi connectivity index (χ1v) is 5.24. The zero-order valence-corrected chi connectivity index (χ0v) is 9.26. The minimum atomic E-state index is -0.294. The molecule has 0 amide bonds. The first-order chi connectivity index (χ1) is 8.24. The fourth-order valence-corrected chi connectivity index (χ4v) is 1.70. The number of halogens is 2. The zero-order valence-electron chi connectivity index (χ0n) is 8.51. The molecule has 6 heteroatoms. The van der Waals surface area contributed by atoms with Crippen molar-refractivity contribution in [2.45, 2.75) is 0 Å². The summed E-state index contributed by atoms with van der Waals surface area (Å²) in [6, 6.07) is 5.98. The maximum Gasteiger partial charge on any atom is 0.224 e. The first kappa shape index (κ1) is 10.2. The highest BCUT2D eigenvalue weighted by atomic mass is 35.5. The molecule has 17 heavy (non-hydrogen) atoms. The molecule has 1 aromatic carbocycles. The Morgan fingerprint density at radius 1 is 1.12 bits per heavy atom. The molecule has 4 nitrogen and oxygen atoms in total. The maximum absolute atomic E-state index is 12.8. The van der Waals surface area contributed by atoms with Crippen LogP contribution in [0.2, 0.25) is 5.28 Å². The van der Waals surface area contributed by atoms with Crippen LogP contribution in [0.4, 0.5) is 4.39 Å². The SMILES string of the molecule is Fc1ccc(-n2ncc3cnc(Cl)nc32)cc1. The second-order valence-corrected chi connectivity index (χ2v) is 3.79. The minimum Gasteiger partial charge on any atom is -0.226 e. The summed E-state index contributed by atoms with van der Waals surface area (Å²) in [5.41, 5.74) is 1.31. The standard InChI is InChI=1S/C11H6ClFN4/c12-11-14-5-7-6-15-17(10(7)16-11)9-3-1-8(13)2-4-9/h1-6H. The van der Waals surface area contributed by atoms with Crippen LogP contribution < -0.4 is 0 Å². The van der Waals surface area contributed by atoms with Crippen LogP contribution in [0.15, 0.2) is 36.7 Å². The lowest BCUT2D eigenvalue weighted by Crippen LogP contribution is -1.98. The van der Waals surface area contributed by atoms with Gasteiger partial charge < -0.3 is 0 Å². The Bertz CT molecular complexity index is 678. The van der Waals surface area contributed by atoms with Gasteiger partial charge in [0.15, 0.2) is 5.65 Å². The van der Waals surface area contributed by atoms with Crippen LogP contribution in [-0.2, 0) is 0 Å². The number of aromatic nitrogens is 4. The molecule has 0 atom stereocenters. The Morgan fingerprint density at radius 2 is 1.88 bits per heavy atom. The third-order valence-electron chi connectivity index (χ3n) is 2.35. The molecule has 0 unspecified atom stereocenters. The Kier molecular flexibility index (Phi) is 2.26. The van der Waals surface area contributed by atoms with E-state index >= 15 is 0 Å². The normalized spacial score (nSPS) is 10.9. The van der Waals surface area contributed by atoms with Crippen LogP contribution >= 0.6 is 11.6 Å². The fourth-order valence-electron chi connectivity index (χ4n) is 1.57. The molecule has 0 saturated heterocycles. The van der Waals surface area contributed by atoms with E-state index in [1.54, 1.807) is 29.2 Å². The highest BCUT2D eigenvalue weighted by Gasteiger charge is 2.07. The van der Waals surface area contributed by atoms with E-state index in [-0.39, 0.29) is 11.1 Å². The average molecular weight is 249 g/mol. The number of nitrogens with zero attached hydrogens (tertiary/aromatic N) is 4. The van der Waals surface area contributed by atoms with Crippen molar-refractivity contribution in [3.05, 3.63) is 47.8 Å². The third-order valence-corrected chi connectivity index (χ3v) is 2.53. The van der Waals surface area contributed by atoms with Gasteiger partial charge in [0.1, 0.15) is 5.82 Å². The summed E-state index contributed by atoms with van der Waals surface area (Å²) in [6.07, 6.45) is 3.23. The predicted octanol–water partition coefficient (Wildman–Crippen LogP) is 2.61. The Balaban J connectivity index is 2.23. The van der Waals surface area contributed by atoms with Crippen LogP contribution in [-0.4, -0.2) is 19.7 Å². The van der Waals surface area contributed by atoms with Crippen molar-refractivity contribution < 1.29 is 4.39 Å². The lowest BCUT2D eigenvalue weighted by molar-refractivity contribution is 0.627. The van der Waals surface area contributed by atoms with Gasteiger partial charge in [-0.2, -0.15) is 10.1 Å². The van der Waals surface area contributed by atoms with Crippen molar-refractivity contribution in [1.29, 1.82) is 0 Å². The highest BCUT2D eigenvalue weighted by molar-refractivity contribution is 6.28. The number of hydrogen-bond donors (Lipinski definition) is 0. The summed E-state index contributed by atoms with van der Waals surface area (Å²) in [7, 11) is 0. The molecule has 0 radical (unpaired) electrons. The van der Waals surface area contributed by atoms with E-state index in [9.17, 15) is 4.39 Å². The van der Waals surface area contributed by atoms with Crippen LogP contribution in [0.25, 0.3) is 16.7 Å². The van der Waals surface area contributed by atoms with Gasteiger partial charge in [0.05, 0.1) is 17.3 Å². The van der Waals surface area contributed by atoms with Crippen LogP contribution in [0.3, 0.4) is 0 Å². The van der Waals surface area contributed by atoms with Crippen molar-refractivity contribution in [2.24, 2.45) is 0 Å². The molecule has 3 aromatic rings. The van der Waals surface area contributed by atoms with Crippen molar-refractivity contribution >= 4 is 22.6 Å². The molecular weight excluding hydrogens is 243 g/mol. The molecule has 0 spiro atoms. The molecule has 0 N–H and O–H groups in total. The number of hydrogen-bond acceptors (Lipinski definition) is 3. The molecule has 3 rings (SSSR count). The van der Waals surface area contributed by atoms with Gasteiger partial charge >= 0.3 is 0 Å². The van der Waals surface area contributed by atoms with Gasteiger partial charge in [-0.15, -0.1) is 0 Å². The molecule has 0 bridgehead atoms. The number of benzene rings is 1. The van der Waals surface area contributed by atoms with Crippen molar-refractivity contribution in [1.82, 2.24) is 19.7 Å². The lowest BCUT2D eigenvalue weighted by atomic mass is 10.3. The van der Waals surface area contributed by atoms with Crippen LogP contribution in [0.5, 0.6) is 0 Å². The minimum absolute atomic E-state index is 0.154. The molecule has 0 fully saturated rings. The second-order valence-electron chi connectivity index (χ2n) is 3.45. The van der Waals surface area contributed by atoms with Crippen molar-refractivity contribution in [3.63, 3.8) is 0 Å². The van der Waals surface area contributed by atoms with Crippen molar-refractivity contribution in [2.75, 3.05) is 0 Å². The highest BCUT2D eigenvalue weighted by Crippen LogP contribution is 2.17. The van der Waals surface area contributed by atoms with Gasteiger partial charge in [-0.3, -0.25) is 0 Å². The topological polar surface area (TPSA) is 43.6 Å². The Labute approximate surface area is 101 Å². The molecular formula is C11H6ClFN4. The van der Waals surface area contributed by atoms with Gasteiger partial charge in [0.2, 0.25) is 5.28 Å². The van der Waals surface area contributed by atoms with E-state index < -0.39 is 0 Å². The van der Waals surface area contributed by atoms with E-state index in [4.69, 9.17) is 11.6 Å². The van der Waals surface area contributed by atoms with Crippen LogP contribution in [0, 0.1) is 5.82 Å². The van der Waals surface area contributed by atoms with Gasteiger partial charge in [0.25, 0.3) is 0 Å². The summed E-state index contributed by atoms with van der Waals surface area (Å²) in [6.45, 7) is 0. The molecule has 0 saturated carbocycles. The zero-order chi connectivity index (χ0) is 11.8. The Hall–Kier alpha value is -2.01. The summed E-state index contributed by atoms with van der Waals surface area (Å²) < 4.78 is 14.4. The quantitative estimate of drug-likeness (QED) is 0.622. The average Bonchev–Trinajstić information content (AvgIpc) is 2.73. The summed E-state index contributed by atoms with van der Waals surface area (Å²) in [5, 5.41) is 5.10. The van der Waals surface area contributed by atoms with Gasteiger partial charge in [0, 0.05) is 6.20 Å². The van der Waals surface area contributed by atoms with E-state index in [1.807, 2.05) is 0 Å². The summed E-state index contributed by atoms with van der Waals surface area (Å²) in [4.78, 5) is 7.96. The van der Waals surface area contributed by atoms with E-state index in [0.717, 1.165) is 11.1 Å². The largest absolute Gasteiger partial charge is 0.226 e. The lowest BCUT2D eigenvalue weighted by Gasteiger charge is -2.02. The second kappa shape index (κ2) is 3.78. The first-order valence-electron chi connectivity index (χ1n) is 4.86. The molecule has 0 aliphatic heterocycles. The Morgan fingerprint density at radius 3 is 2.65 bits per heavy atom.